The Bertz CT molecular complexity index is 417. The van der Waals surface area contributed by atoms with Crippen molar-refractivity contribution >= 4 is 0 Å². The lowest BCUT2D eigenvalue weighted by molar-refractivity contribution is 0.159. The predicted molar refractivity (Wildman–Crippen MR) is 98.6 cm³/mol. The van der Waals surface area contributed by atoms with Crippen molar-refractivity contribution in [3.8, 4) is 0 Å². The van der Waals surface area contributed by atoms with Crippen molar-refractivity contribution in [2.45, 2.75) is 70.4 Å². The first kappa shape index (κ1) is 17.0. The molecule has 2 nitrogen and oxygen atoms in total. The molecule has 0 aromatic heterocycles. The first-order valence-electron chi connectivity index (χ1n) is 9.92. The molecule has 3 rings (SSSR count). The van der Waals surface area contributed by atoms with Crippen LogP contribution in [0.3, 0.4) is 0 Å². The first-order valence-corrected chi connectivity index (χ1v) is 9.92. The maximum Gasteiger partial charge on any atom is 0.0236 e. The van der Waals surface area contributed by atoms with E-state index in [4.69, 9.17) is 0 Å². The number of nitrogens with zero attached hydrogens (tertiary/aromatic N) is 2. The Hall–Kier alpha value is -0.860. The lowest BCUT2D eigenvalue weighted by Gasteiger charge is -2.32. The molecule has 1 aromatic rings. The van der Waals surface area contributed by atoms with Crippen LogP contribution in [0.5, 0.6) is 0 Å². The lowest BCUT2D eigenvalue weighted by Crippen LogP contribution is -2.36. The molecule has 0 atom stereocenters. The summed E-state index contributed by atoms with van der Waals surface area (Å²) in [5.41, 5.74) is 1.49. The van der Waals surface area contributed by atoms with Crippen LogP contribution in [0.25, 0.3) is 0 Å². The van der Waals surface area contributed by atoms with E-state index in [0.717, 1.165) is 12.6 Å². The van der Waals surface area contributed by atoms with Gasteiger partial charge in [-0.05, 0) is 63.8 Å². The molecule has 23 heavy (non-hydrogen) atoms. The van der Waals surface area contributed by atoms with Crippen LogP contribution in [0.2, 0.25) is 0 Å². The minimum Gasteiger partial charge on any atom is -0.303 e. The molecule has 2 heterocycles. The fraction of sp³-hybridized carbons (Fsp3) is 0.714. The zero-order valence-electron chi connectivity index (χ0n) is 14.8. The second-order valence-corrected chi connectivity index (χ2v) is 7.50. The van der Waals surface area contributed by atoms with Gasteiger partial charge in [-0.15, -0.1) is 0 Å². The molecule has 2 saturated heterocycles. The molecule has 0 saturated carbocycles. The van der Waals surface area contributed by atoms with Crippen molar-refractivity contribution in [2.24, 2.45) is 0 Å². The van der Waals surface area contributed by atoms with Gasteiger partial charge >= 0.3 is 0 Å². The minimum absolute atomic E-state index is 0.805. The second kappa shape index (κ2) is 9.44. The third-order valence-electron chi connectivity index (χ3n) is 5.69. The van der Waals surface area contributed by atoms with E-state index in [2.05, 4.69) is 40.1 Å². The summed E-state index contributed by atoms with van der Waals surface area (Å²) in [5.74, 6) is 0. The highest BCUT2D eigenvalue weighted by atomic mass is 15.2. The van der Waals surface area contributed by atoms with Gasteiger partial charge in [-0.1, -0.05) is 56.0 Å². The van der Waals surface area contributed by atoms with Crippen molar-refractivity contribution in [2.75, 3.05) is 26.2 Å². The van der Waals surface area contributed by atoms with Crippen LogP contribution in [-0.4, -0.2) is 42.0 Å². The van der Waals surface area contributed by atoms with Gasteiger partial charge in [-0.3, -0.25) is 4.90 Å². The van der Waals surface area contributed by atoms with Gasteiger partial charge in [0.25, 0.3) is 0 Å². The Balaban J connectivity index is 1.72. The molecule has 2 aliphatic rings. The SMILES string of the molecule is c1ccc(CN2CCCN3CCCCCC2CCCCC3)cc1. The number of fused-ring (bicyclic) bond motifs is 5. The van der Waals surface area contributed by atoms with Crippen molar-refractivity contribution in [3.05, 3.63) is 35.9 Å². The molecule has 0 unspecified atom stereocenters. The van der Waals surface area contributed by atoms with Gasteiger partial charge in [-0.25, -0.2) is 0 Å². The van der Waals surface area contributed by atoms with Gasteiger partial charge in [-0.2, -0.15) is 0 Å². The zero-order valence-corrected chi connectivity index (χ0v) is 14.8. The van der Waals surface area contributed by atoms with Crippen LogP contribution in [0, 0.1) is 0 Å². The second-order valence-electron chi connectivity index (χ2n) is 7.50. The Labute approximate surface area is 142 Å². The summed E-state index contributed by atoms with van der Waals surface area (Å²) in [6, 6.07) is 11.9. The smallest absolute Gasteiger partial charge is 0.0236 e. The molecule has 128 valence electrons. The predicted octanol–water partition coefficient (Wildman–Crippen LogP) is 4.70. The van der Waals surface area contributed by atoms with Crippen LogP contribution in [0.15, 0.2) is 30.3 Å². The number of benzene rings is 1. The summed E-state index contributed by atoms with van der Waals surface area (Å²) in [4.78, 5) is 5.55. The van der Waals surface area contributed by atoms with E-state index in [-0.39, 0.29) is 0 Å². The van der Waals surface area contributed by atoms with Crippen molar-refractivity contribution in [3.63, 3.8) is 0 Å². The van der Waals surface area contributed by atoms with E-state index in [1.54, 1.807) is 0 Å². The third-order valence-corrected chi connectivity index (χ3v) is 5.69. The molecule has 2 fully saturated rings. The minimum atomic E-state index is 0.805. The molecule has 1 aromatic carbocycles. The third kappa shape index (κ3) is 5.61. The van der Waals surface area contributed by atoms with Crippen LogP contribution in [0.4, 0.5) is 0 Å². The van der Waals surface area contributed by atoms with Crippen molar-refractivity contribution in [1.82, 2.24) is 9.80 Å². The Kier molecular flexibility index (Phi) is 6.97. The van der Waals surface area contributed by atoms with E-state index in [1.165, 1.54) is 89.5 Å². The molecule has 2 bridgehead atoms. The average Bonchev–Trinajstić information content (AvgIpc) is 2.63. The van der Waals surface area contributed by atoms with Gasteiger partial charge in [0.2, 0.25) is 0 Å². The molecule has 2 aliphatic heterocycles. The fourth-order valence-electron chi connectivity index (χ4n) is 4.34. The van der Waals surface area contributed by atoms with Gasteiger partial charge in [0.15, 0.2) is 0 Å². The molecule has 0 amide bonds. The summed E-state index contributed by atoms with van der Waals surface area (Å²) < 4.78 is 0. The number of hydrogen-bond acceptors (Lipinski definition) is 2. The summed E-state index contributed by atoms with van der Waals surface area (Å²) in [6.07, 6.45) is 12.7. The normalized spacial score (nSPS) is 28.3. The Morgan fingerprint density at radius 2 is 1.35 bits per heavy atom. The first-order chi connectivity index (χ1) is 11.4. The van der Waals surface area contributed by atoms with E-state index >= 15 is 0 Å². The van der Waals surface area contributed by atoms with Crippen molar-refractivity contribution in [1.29, 1.82) is 0 Å². The Morgan fingerprint density at radius 1 is 0.696 bits per heavy atom. The van der Waals surface area contributed by atoms with Gasteiger partial charge in [0, 0.05) is 12.6 Å². The maximum atomic E-state index is 2.81. The van der Waals surface area contributed by atoms with Crippen molar-refractivity contribution < 1.29 is 0 Å². The molecule has 0 N–H and O–H groups in total. The number of rotatable bonds is 2. The highest BCUT2D eigenvalue weighted by molar-refractivity contribution is 5.14. The van der Waals surface area contributed by atoms with Crippen LogP contribution >= 0.6 is 0 Å². The topological polar surface area (TPSA) is 6.48 Å². The molecular formula is C21H34N2. The monoisotopic (exact) mass is 314 g/mol. The Morgan fingerprint density at radius 3 is 2.04 bits per heavy atom. The van der Waals surface area contributed by atoms with E-state index in [0.29, 0.717) is 0 Å². The summed E-state index contributed by atoms with van der Waals surface area (Å²) in [7, 11) is 0. The van der Waals surface area contributed by atoms with Crippen LogP contribution < -0.4 is 0 Å². The summed E-state index contributed by atoms with van der Waals surface area (Å²) in [6.45, 7) is 6.40. The van der Waals surface area contributed by atoms with Gasteiger partial charge in [0.1, 0.15) is 0 Å². The van der Waals surface area contributed by atoms with Crippen LogP contribution in [-0.2, 0) is 6.54 Å². The van der Waals surface area contributed by atoms with Gasteiger partial charge in [0.05, 0.1) is 0 Å². The zero-order chi connectivity index (χ0) is 15.7. The highest BCUT2D eigenvalue weighted by Crippen LogP contribution is 2.22. The van der Waals surface area contributed by atoms with Crippen LogP contribution in [0.1, 0.15) is 63.4 Å². The van der Waals surface area contributed by atoms with E-state index in [1.807, 2.05) is 0 Å². The summed E-state index contributed by atoms with van der Waals surface area (Å²) >= 11 is 0. The standard InChI is InChI=1S/C21H34N2/c1-4-11-20(12-5-1)19-23-18-10-17-22-15-8-2-6-13-21(23)14-7-3-9-16-22/h1,4-5,11-12,21H,2-3,6-10,13-19H2. The summed E-state index contributed by atoms with van der Waals surface area (Å²) in [5, 5.41) is 0. The quantitative estimate of drug-likeness (QED) is 0.781. The molecule has 2 heteroatoms. The van der Waals surface area contributed by atoms with E-state index in [9.17, 15) is 0 Å². The van der Waals surface area contributed by atoms with Gasteiger partial charge < -0.3 is 4.90 Å². The largest absolute Gasteiger partial charge is 0.303 e. The molecular weight excluding hydrogens is 280 g/mol. The molecule has 0 spiro atoms. The highest BCUT2D eigenvalue weighted by Gasteiger charge is 2.20. The average molecular weight is 315 g/mol. The fourth-order valence-corrected chi connectivity index (χ4v) is 4.34. The van der Waals surface area contributed by atoms with E-state index < -0.39 is 0 Å². The molecule has 0 radical (unpaired) electrons. The lowest BCUT2D eigenvalue weighted by atomic mass is 9.99. The maximum absolute atomic E-state index is 2.81. The molecule has 0 aliphatic carbocycles. The number of hydrogen-bond donors (Lipinski definition) is 0.